The third-order valence-corrected chi connectivity index (χ3v) is 7.66. The van der Waals surface area contributed by atoms with Gasteiger partial charge in [-0.25, -0.2) is 9.37 Å². The van der Waals surface area contributed by atoms with E-state index in [0.717, 1.165) is 59.5 Å². The molecule has 5 heteroatoms. The second kappa shape index (κ2) is 11.5. The molecule has 0 aliphatic carbocycles. The Balaban J connectivity index is 1.56. The van der Waals surface area contributed by atoms with Gasteiger partial charge in [0.25, 0.3) is 0 Å². The summed E-state index contributed by atoms with van der Waals surface area (Å²) in [6, 6.07) is 11.6. The lowest BCUT2D eigenvalue weighted by Crippen LogP contribution is -2.42. The standard InChI is InChI=1S/C32H40FN3O/c1-6-8-9-11-25(10-7-2)30(37)27-15-13-24(18-23(27)4)20-32(5)31-34-21-29(36(31)17-16-35-32)26-14-12-22(3)28(33)19-26/h12-19,21,25,35H,6-11,20H2,1-5H3. The fraction of sp³-hybridized carbons (Fsp3) is 0.438. The number of benzene rings is 2. The topological polar surface area (TPSA) is 46.9 Å². The SMILES string of the molecule is CCCCCC(CCC)C(=O)c1ccc(CC2(C)NC=Cn3c(-c4ccc(C)c(F)c4)cnc32)cc1C. The number of fused-ring (bicyclic) bond motifs is 1. The van der Waals surface area contributed by atoms with Gasteiger partial charge in [0.2, 0.25) is 0 Å². The number of hydrogen-bond acceptors (Lipinski definition) is 3. The molecule has 3 aromatic rings. The molecule has 0 fully saturated rings. The van der Waals surface area contributed by atoms with Crippen molar-refractivity contribution < 1.29 is 9.18 Å². The lowest BCUT2D eigenvalue weighted by Gasteiger charge is -2.33. The van der Waals surface area contributed by atoms with Gasteiger partial charge in [0.05, 0.1) is 17.4 Å². The minimum absolute atomic E-state index is 0.112. The molecular weight excluding hydrogens is 461 g/mol. The average Bonchev–Trinajstić information content (AvgIpc) is 3.31. The van der Waals surface area contributed by atoms with Crippen LogP contribution < -0.4 is 5.32 Å². The van der Waals surface area contributed by atoms with Gasteiger partial charge in [-0.2, -0.15) is 0 Å². The molecular formula is C32H40FN3O. The molecule has 0 bridgehead atoms. The molecule has 2 atom stereocenters. The Bertz CT molecular complexity index is 1290. The first kappa shape index (κ1) is 26.8. The largest absolute Gasteiger partial charge is 0.377 e. The van der Waals surface area contributed by atoms with E-state index in [0.29, 0.717) is 12.0 Å². The normalized spacial score (nSPS) is 17.4. The molecule has 0 saturated heterocycles. The summed E-state index contributed by atoms with van der Waals surface area (Å²) in [5.74, 6) is 1.06. The second-order valence-corrected chi connectivity index (χ2v) is 10.8. The smallest absolute Gasteiger partial charge is 0.166 e. The predicted octanol–water partition coefficient (Wildman–Crippen LogP) is 7.97. The molecule has 2 unspecified atom stereocenters. The Morgan fingerprint density at radius 3 is 2.57 bits per heavy atom. The fourth-order valence-corrected chi connectivity index (χ4v) is 5.51. The van der Waals surface area contributed by atoms with Crippen molar-refractivity contribution in [3.05, 3.63) is 82.7 Å². The van der Waals surface area contributed by atoms with Crippen LogP contribution in [0.2, 0.25) is 0 Å². The van der Waals surface area contributed by atoms with E-state index in [1.807, 2.05) is 42.2 Å². The Morgan fingerprint density at radius 1 is 1.05 bits per heavy atom. The van der Waals surface area contributed by atoms with Crippen LogP contribution in [0.25, 0.3) is 17.5 Å². The lowest BCUT2D eigenvalue weighted by atomic mass is 9.85. The quantitative estimate of drug-likeness (QED) is 0.214. The molecule has 1 aliphatic heterocycles. The summed E-state index contributed by atoms with van der Waals surface area (Å²) in [5, 5.41) is 3.50. The molecule has 1 aliphatic rings. The van der Waals surface area contributed by atoms with E-state index in [-0.39, 0.29) is 17.5 Å². The highest BCUT2D eigenvalue weighted by Gasteiger charge is 2.34. The van der Waals surface area contributed by atoms with Crippen LogP contribution in [0.5, 0.6) is 0 Å². The maximum atomic E-state index is 14.3. The molecule has 1 N–H and O–H groups in total. The van der Waals surface area contributed by atoms with Crippen molar-refractivity contribution in [2.24, 2.45) is 5.92 Å². The van der Waals surface area contributed by atoms with E-state index in [1.54, 1.807) is 19.1 Å². The highest BCUT2D eigenvalue weighted by Crippen LogP contribution is 2.33. The number of carbonyl (C=O) groups excluding carboxylic acids is 1. The number of carbonyl (C=O) groups is 1. The van der Waals surface area contributed by atoms with Crippen LogP contribution in [-0.4, -0.2) is 15.3 Å². The summed E-state index contributed by atoms with van der Waals surface area (Å²) in [6.45, 7) is 10.3. The number of Topliss-reactive ketones (excluding diaryl/α,β-unsaturated/α-hetero) is 1. The number of hydrogen-bond donors (Lipinski definition) is 1. The Kier molecular flexibility index (Phi) is 8.31. The number of aromatic nitrogens is 2. The summed E-state index contributed by atoms with van der Waals surface area (Å²) in [7, 11) is 0. The molecule has 4 rings (SSSR count). The highest BCUT2D eigenvalue weighted by atomic mass is 19.1. The number of imidazole rings is 1. The number of halogens is 1. The third-order valence-electron chi connectivity index (χ3n) is 7.66. The van der Waals surface area contributed by atoms with Crippen LogP contribution in [0.15, 0.2) is 48.8 Å². The van der Waals surface area contributed by atoms with Crippen molar-refractivity contribution in [1.82, 2.24) is 14.9 Å². The molecule has 0 radical (unpaired) electrons. The zero-order valence-electron chi connectivity index (χ0n) is 22.9. The minimum Gasteiger partial charge on any atom is -0.377 e. The number of rotatable bonds is 11. The number of aryl methyl sites for hydroxylation is 2. The van der Waals surface area contributed by atoms with Gasteiger partial charge in [-0.1, -0.05) is 69.9 Å². The van der Waals surface area contributed by atoms with Gasteiger partial charge < -0.3 is 5.32 Å². The first-order chi connectivity index (χ1) is 17.8. The summed E-state index contributed by atoms with van der Waals surface area (Å²) in [5.41, 5.74) is 4.88. The Morgan fingerprint density at radius 2 is 1.86 bits per heavy atom. The molecule has 2 heterocycles. The van der Waals surface area contributed by atoms with Crippen molar-refractivity contribution in [3.63, 3.8) is 0 Å². The third kappa shape index (κ3) is 5.71. The summed E-state index contributed by atoms with van der Waals surface area (Å²) in [6.07, 6.45) is 12.8. The van der Waals surface area contributed by atoms with Gasteiger partial charge in [0.1, 0.15) is 11.6 Å². The van der Waals surface area contributed by atoms with Gasteiger partial charge in [-0.05, 0) is 56.4 Å². The van der Waals surface area contributed by atoms with Gasteiger partial charge in [-0.3, -0.25) is 9.36 Å². The number of unbranched alkanes of at least 4 members (excludes halogenated alkanes) is 2. The van der Waals surface area contributed by atoms with Crippen LogP contribution in [-0.2, 0) is 12.0 Å². The van der Waals surface area contributed by atoms with E-state index >= 15 is 0 Å². The lowest BCUT2D eigenvalue weighted by molar-refractivity contribution is 0.0902. The Hall–Kier alpha value is -3.21. The van der Waals surface area contributed by atoms with Crippen molar-refractivity contribution >= 4 is 12.0 Å². The fourth-order valence-electron chi connectivity index (χ4n) is 5.51. The predicted molar refractivity (Wildman–Crippen MR) is 150 cm³/mol. The summed E-state index contributed by atoms with van der Waals surface area (Å²) < 4.78 is 16.3. The average molecular weight is 502 g/mol. The number of nitrogens with one attached hydrogen (secondary N) is 1. The molecule has 4 nitrogen and oxygen atoms in total. The molecule has 2 aromatic carbocycles. The monoisotopic (exact) mass is 501 g/mol. The zero-order valence-corrected chi connectivity index (χ0v) is 22.9. The van der Waals surface area contributed by atoms with E-state index in [2.05, 4.69) is 38.2 Å². The first-order valence-electron chi connectivity index (χ1n) is 13.7. The van der Waals surface area contributed by atoms with Crippen molar-refractivity contribution in [2.45, 2.75) is 85.1 Å². The van der Waals surface area contributed by atoms with Gasteiger partial charge in [-0.15, -0.1) is 0 Å². The second-order valence-electron chi connectivity index (χ2n) is 10.8. The van der Waals surface area contributed by atoms with Gasteiger partial charge in [0, 0.05) is 35.9 Å². The minimum atomic E-state index is -0.445. The summed E-state index contributed by atoms with van der Waals surface area (Å²) in [4.78, 5) is 18.2. The first-order valence-corrected chi connectivity index (χ1v) is 13.7. The van der Waals surface area contributed by atoms with Crippen molar-refractivity contribution in [1.29, 1.82) is 0 Å². The van der Waals surface area contributed by atoms with Crippen LogP contribution in [0, 0.1) is 25.6 Å². The molecule has 0 amide bonds. The van der Waals surface area contributed by atoms with Crippen LogP contribution >= 0.6 is 0 Å². The molecule has 196 valence electrons. The van der Waals surface area contributed by atoms with Crippen molar-refractivity contribution in [3.8, 4) is 11.3 Å². The van der Waals surface area contributed by atoms with Crippen LogP contribution in [0.3, 0.4) is 0 Å². The van der Waals surface area contributed by atoms with Gasteiger partial charge in [0.15, 0.2) is 5.78 Å². The van der Waals surface area contributed by atoms with E-state index in [9.17, 15) is 9.18 Å². The van der Waals surface area contributed by atoms with Crippen LogP contribution in [0.1, 0.15) is 92.2 Å². The summed E-state index contributed by atoms with van der Waals surface area (Å²) >= 11 is 0. The van der Waals surface area contributed by atoms with E-state index in [4.69, 9.17) is 4.98 Å². The maximum absolute atomic E-state index is 14.3. The molecule has 1 aromatic heterocycles. The number of nitrogens with zero attached hydrogens (tertiary/aromatic N) is 2. The zero-order chi connectivity index (χ0) is 26.6. The number of ketones is 1. The Labute approximate surface area is 221 Å². The maximum Gasteiger partial charge on any atom is 0.166 e. The molecule has 37 heavy (non-hydrogen) atoms. The van der Waals surface area contributed by atoms with Gasteiger partial charge >= 0.3 is 0 Å². The molecule has 0 spiro atoms. The van der Waals surface area contributed by atoms with Crippen LogP contribution in [0.4, 0.5) is 4.39 Å². The van der Waals surface area contributed by atoms with Crippen molar-refractivity contribution in [2.75, 3.05) is 0 Å². The van der Waals surface area contributed by atoms with E-state index in [1.165, 1.54) is 12.8 Å². The highest BCUT2D eigenvalue weighted by molar-refractivity contribution is 5.99. The van der Waals surface area contributed by atoms with E-state index < -0.39 is 5.54 Å². The molecule has 0 saturated carbocycles.